The van der Waals surface area contributed by atoms with E-state index in [1.165, 1.54) is 141 Å². The molecular weight excluding hydrogens is 636 g/mol. The number of unbranched alkanes of at least 4 members (excludes halogenated alkanes) is 24. The van der Waals surface area contributed by atoms with Crippen molar-refractivity contribution in [1.29, 1.82) is 0 Å². The zero-order valence-corrected chi connectivity index (χ0v) is 33.5. The summed E-state index contributed by atoms with van der Waals surface area (Å²) < 4.78 is 10.5. The minimum atomic E-state index is -0.860. The molecule has 51 heavy (non-hydrogen) atoms. The highest BCUT2D eigenvalue weighted by Gasteiger charge is 2.16. The Hall–Kier alpha value is -1.92. The molecule has 0 aliphatic heterocycles. The number of rotatable bonds is 39. The molecule has 298 valence electrons. The molecule has 0 amide bonds. The molecule has 0 aliphatic rings. The zero-order valence-electron chi connectivity index (χ0n) is 33.5. The molecule has 0 aromatic heterocycles. The Bertz CT molecular complexity index is 835. The number of aliphatic hydroxyl groups excluding tert-OH is 2. The van der Waals surface area contributed by atoms with Crippen LogP contribution >= 0.6 is 0 Å². The minimum Gasteiger partial charge on any atom is -0.462 e. The molecule has 0 heterocycles. The molecule has 0 aliphatic carbocycles. The second kappa shape index (κ2) is 40.8. The van der Waals surface area contributed by atoms with E-state index < -0.39 is 24.8 Å². The number of hydrogen-bond donors (Lipinski definition) is 2. The van der Waals surface area contributed by atoms with Crippen LogP contribution in [0.15, 0.2) is 36.5 Å². The minimum absolute atomic E-state index is 0.133. The largest absolute Gasteiger partial charge is 0.462 e. The highest BCUT2D eigenvalue weighted by atomic mass is 16.6. The van der Waals surface area contributed by atoms with Gasteiger partial charge < -0.3 is 19.7 Å². The zero-order chi connectivity index (χ0) is 37.3. The lowest BCUT2D eigenvalue weighted by Crippen LogP contribution is -2.28. The summed E-state index contributed by atoms with van der Waals surface area (Å²) in [6.45, 7) is 3.99. The molecule has 6 nitrogen and oxygen atoms in total. The Morgan fingerprint density at radius 3 is 1.53 bits per heavy atom. The van der Waals surface area contributed by atoms with Crippen molar-refractivity contribution in [3.05, 3.63) is 36.5 Å². The van der Waals surface area contributed by atoms with E-state index in [2.05, 4.69) is 32.1 Å². The van der Waals surface area contributed by atoms with Crippen LogP contribution < -0.4 is 0 Å². The van der Waals surface area contributed by atoms with Gasteiger partial charge in [-0.05, 0) is 38.5 Å². The van der Waals surface area contributed by atoms with Gasteiger partial charge in [-0.3, -0.25) is 9.59 Å². The highest BCUT2D eigenvalue weighted by Crippen LogP contribution is 2.15. The molecule has 0 saturated heterocycles. The summed E-state index contributed by atoms with van der Waals surface area (Å²) in [5.74, 6) is -0.780. The van der Waals surface area contributed by atoms with Gasteiger partial charge in [-0.25, -0.2) is 0 Å². The van der Waals surface area contributed by atoms with Crippen LogP contribution in [0.2, 0.25) is 0 Å². The molecule has 2 N–H and O–H groups in total. The number of carbonyl (C=O) groups is 2. The maximum Gasteiger partial charge on any atom is 0.306 e. The summed E-state index contributed by atoms with van der Waals surface area (Å²) in [5.41, 5.74) is 0. The summed E-state index contributed by atoms with van der Waals surface area (Å²) >= 11 is 0. The van der Waals surface area contributed by atoms with E-state index in [0.717, 1.165) is 32.1 Å². The first-order valence-electron chi connectivity index (χ1n) is 21.7. The van der Waals surface area contributed by atoms with Crippen molar-refractivity contribution >= 4 is 11.9 Å². The van der Waals surface area contributed by atoms with Crippen LogP contribution in [0.1, 0.15) is 213 Å². The van der Waals surface area contributed by atoms with Gasteiger partial charge in [-0.15, -0.1) is 0 Å². The summed E-state index contributed by atoms with van der Waals surface area (Å²) in [6, 6.07) is 0. The van der Waals surface area contributed by atoms with Gasteiger partial charge in [0.15, 0.2) is 6.10 Å². The van der Waals surface area contributed by atoms with Crippen molar-refractivity contribution in [3.63, 3.8) is 0 Å². The lowest BCUT2D eigenvalue weighted by molar-refractivity contribution is -0.161. The molecule has 0 radical (unpaired) electrons. The third-order valence-electron chi connectivity index (χ3n) is 9.54. The molecule has 2 atom stereocenters. The van der Waals surface area contributed by atoms with Crippen LogP contribution in [0.5, 0.6) is 0 Å². The van der Waals surface area contributed by atoms with Crippen molar-refractivity contribution in [3.8, 4) is 0 Å². The predicted molar refractivity (Wildman–Crippen MR) is 216 cm³/mol. The maximum absolute atomic E-state index is 12.2. The van der Waals surface area contributed by atoms with Crippen molar-refractivity contribution in [2.45, 2.75) is 225 Å². The van der Waals surface area contributed by atoms with Crippen molar-refractivity contribution < 1.29 is 29.3 Å². The summed E-state index contributed by atoms with van der Waals surface area (Å²) in [7, 11) is 0. The van der Waals surface area contributed by atoms with Gasteiger partial charge in [-0.2, -0.15) is 0 Å². The highest BCUT2D eigenvalue weighted by molar-refractivity contribution is 5.70. The third-order valence-corrected chi connectivity index (χ3v) is 9.54. The molecule has 1 unspecified atom stereocenters. The number of allylic oxidation sites excluding steroid dienone is 5. The van der Waals surface area contributed by atoms with Crippen LogP contribution in [0, 0.1) is 0 Å². The van der Waals surface area contributed by atoms with Gasteiger partial charge in [0.25, 0.3) is 0 Å². The summed E-state index contributed by atoms with van der Waals surface area (Å²) in [5, 5.41) is 19.7. The number of aliphatic hydroxyl groups is 2. The first-order valence-corrected chi connectivity index (χ1v) is 21.7. The smallest absolute Gasteiger partial charge is 0.306 e. The van der Waals surface area contributed by atoms with E-state index >= 15 is 0 Å². The first-order chi connectivity index (χ1) is 25.0. The molecule has 6 heteroatoms. The van der Waals surface area contributed by atoms with Crippen LogP contribution in [0.4, 0.5) is 0 Å². The summed E-state index contributed by atoms with van der Waals surface area (Å²) in [6.07, 6.45) is 46.7. The Balaban J connectivity index is 3.67. The molecule has 0 aromatic carbocycles. The molecule has 0 bridgehead atoms. The van der Waals surface area contributed by atoms with E-state index in [1.54, 1.807) is 6.08 Å². The van der Waals surface area contributed by atoms with E-state index in [1.807, 2.05) is 12.2 Å². The van der Waals surface area contributed by atoms with Gasteiger partial charge in [0.2, 0.25) is 0 Å². The molecule has 0 fully saturated rings. The van der Waals surface area contributed by atoms with Crippen molar-refractivity contribution in [2.75, 3.05) is 13.2 Å². The maximum atomic E-state index is 12.2. The average Bonchev–Trinajstić information content (AvgIpc) is 3.12. The van der Waals surface area contributed by atoms with E-state index in [9.17, 15) is 19.8 Å². The van der Waals surface area contributed by atoms with Crippen LogP contribution in [-0.2, 0) is 19.1 Å². The van der Waals surface area contributed by atoms with Crippen LogP contribution in [0.25, 0.3) is 0 Å². The average molecular weight is 719 g/mol. The van der Waals surface area contributed by atoms with Crippen LogP contribution in [-0.4, -0.2) is 47.6 Å². The number of carbonyl (C=O) groups excluding carboxylic acids is 2. The fraction of sp³-hybridized carbons (Fsp3) is 0.822. The molecule has 0 saturated carbocycles. The van der Waals surface area contributed by atoms with E-state index in [4.69, 9.17) is 9.47 Å². The standard InChI is InChI=1S/C45H82O6/c1-3-5-7-9-11-13-15-17-18-19-20-21-22-24-26-28-30-32-34-38-44(48)50-41-43(40-46)51-45(49)39-35-37-42(47)36-33-31-29-27-25-23-16-14-12-10-8-6-4-2/h23,25,29,31,33,36,42-43,46-47H,3-22,24,26-28,30,32,34-35,37-41H2,1-2H3/b25-23+,31-29+,36-33+/t42?,43-/m0/s1. The molecule has 0 aromatic rings. The first kappa shape index (κ1) is 49.1. The lowest BCUT2D eigenvalue weighted by atomic mass is 10.0. The Labute approximate surface area is 315 Å². The monoisotopic (exact) mass is 719 g/mol. The number of ether oxygens (including phenoxy) is 2. The quantitative estimate of drug-likeness (QED) is 0.0284. The Morgan fingerprint density at radius 2 is 1.02 bits per heavy atom. The molecule has 0 spiro atoms. The Morgan fingerprint density at radius 1 is 0.549 bits per heavy atom. The van der Waals surface area contributed by atoms with Crippen molar-refractivity contribution in [1.82, 2.24) is 0 Å². The van der Waals surface area contributed by atoms with Crippen LogP contribution in [0.3, 0.4) is 0 Å². The van der Waals surface area contributed by atoms with Crippen molar-refractivity contribution in [2.24, 2.45) is 0 Å². The SMILES string of the molecule is CCCCCCCC/C=C/C/C=C/C=C/C(O)CCCC(=O)O[C@@H](CO)COC(=O)CCCCCCCCCCCCCCCCCCCCC. The van der Waals surface area contributed by atoms with Gasteiger partial charge in [-0.1, -0.05) is 198 Å². The second-order valence-corrected chi connectivity index (χ2v) is 14.6. The molecule has 0 rings (SSSR count). The van der Waals surface area contributed by atoms with E-state index in [-0.39, 0.29) is 19.0 Å². The fourth-order valence-electron chi connectivity index (χ4n) is 6.21. The van der Waals surface area contributed by atoms with Gasteiger partial charge in [0, 0.05) is 12.8 Å². The second-order valence-electron chi connectivity index (χ2n) is 14.6. The normalized spacial score (nSPS) is 13.1. The van der Waals surface area contributed by atoms with Gasteiger partial charge >= 0.3 is 11.9 Å². The Kier molecular flexibility index (Phi) is 39.3. The fourth-order valence-corrected chi connectivity index (χ4v) is 6.21. The molecular formula is C45H82O6. The predicted octanol–water partition coefficient (Wildman–Crippen LogP) is 12.6. The number of hydrogen-bond acceptors (Lipinski definition) is 6. The van der Waals surface area contributed by atoms with Gasteiger partial charge in [0.05, 0.1) is 12.7 Å². The summed E-state index contributed by atoms with van der Waals surface area (Å²) in [4.78, 5) is 24.3. The van der Waals surface area contributed by atoms with Gasteiger partial charge in [0.1, 0.15) is 6.61 Å². The third kappa shape index (κ3) is 39.1. The lowest BCUT2D eigenvalue weighted by Gasteiger charge is -2.16. The topological polar surface area (TPSA) is 93.1 Å². The number of esters is 2. The van der Waals surface area contributed by atoms with E-state index in [0.29, 0.717) is 19.3 Å².